The number of amides is 2. The number of allylic oxidation sites excluding steroid dienone is 1. The topological polar surface area (TPSA) is 115 Å². The lowest BCUT2D eigenvalue weighted by Crippen LogP contribution is -2.26. The zero-order chi connectivity index (χ0) is 30.0. The third kappa shape index (κ3) is 7.04. The number of ether oxygens (including phenoxy) is 2. The number of hydrogen-bond acceptors (Lipinski definition) is 8. The minimum atomic E-state index is -0.474. The molecule has 0 N–H and O–H groups in total. The SMILES string of the molecule is CC1=CC(C[C@H]2CN(c3ccc(I)c(F)c3)C(=O)O2)N=N1.Cc1cnnn1C[C@H]1CN(c2ccc(I)c(F)c2)C(=O)O1. The molecule has 3 aromatic rings. The second-order valence-electron chi connectivity index (χ2n) is 9.81. The van der Waals surface area contributed by atoms with Gasteiger partial charge in [0.1, 0.15) is 23.8 Å². The Bertz CT molecular complexity index is 1570. The summed E-state index contributed by atoms with van der Waals surface area (Å²) in [7, 11) is 0. The fourth-order valence-electron chi connectivity index (χ4n) is 4.57. The molecule has 0 saturated carbocycles. The number of cyclic esters (lactones) is 2. The Balaban J connectivity index is 0.000000168. The van der Waals surface area contributed by atoms with Crippen molar-refractivity contribution in [2.24, 2.45) is 10.2 Å². The fourth-order valence-corrected chi connectivity index (χ4v) is 5.24. The summed E-state index contributed by atoms with van der Waals surface area (Å²) in [5.41, 5.74) is 2.78. The molecule has 2 fully saturated rings. The van der Waals surface area contributed by atoms with E-state index < -0.39 is 12.2 Å². The minimum Gasteiger partial charge on any atom is -0.444 e. The zero-order valence-corrected chi connectivity index (χ0v) is 26.8. The van der Waals surface area contributed by atoms with Gasteiger partial charge in [-0.1, -0.05) is 5.21 Å². The van der Waals surface area contributed by atoms with Crippen LogP contribution in [-0.4, -0.2) is 58.5 Å². The molecule has 11 nitrogen and oxygen atoms in total. The lowest BCUT2D eigenvalue weighted by atomic mass is 10.1. The van der Waals surface area contributed by atoms with E-state index in [2.05, 4.69) is 20.5 Å². The fraction of sp³-hybridized carbons (Fsp3) is 0.333. The van der Waals surface area contributed by atoms with Crippen molar-refractivity contribution in [2.75, 3.05) is 22.9 Å². The number of anilines is 2. The summed E-state index contributed by atoms with van der Waals surface area (Å²) in [6.07, 6.45) is 2.67. The molecule has 3 aliphatic rings. The molecule has 42 heavy (non-hydrogen) atoms. The summed E-state index contributed by atoms with van der Waals surface area (Å²) < 4.78 is 40.6. The standard InChI is InChI=1S/C14H13FIN3O2.C13H12FIN4O2/c1-8-4-9(18-17-8)5-11-7-19(14(20)21-11)10-2-3-13(16)12(15)6-10;1-8-5-16-17-19(8)7-10-6-18(13(20)21-10)9-2-3-12(15)11(14)4-9/h2-4,6,9,11H,5,7H2,1H3;2-5,10H,6-7H2,1H3/t9?,11-;10-/m01/s1. The average molecular weight is 803 g/mol. The summed E-state index contributed by atoms with van der Waals surface area (Å²) in [6.45, 7) is 4.95. The first-order chi connectivity index (χ1) is 20.1. The predicted octanol–water partition coefficient (Wildman–Crippen LogP) is 6.24. The van der Waals surface area contributed by atoms with E-state index in [1.165, 1.54) is 21.9 Å². The number of rotatable bonds is 6. The van der Waals surface area contributed by atoms with E-state index in [0.717, 1.165) is 11.4 Å². The molecule has 2 amide bonds. The molecule has 0 radical (unpaired) electrons. The maximum atomic E-state index is 13.6. The summed E-state index contributed by atoms with van der Waals surface area (Å²) in [6, 6.07) is 9.34. The normalized spacial score (nSPS) is 21.3. The van der Waals surface area contributed by atoms with Crippen LogP contribution in [0.4, 0.5) is 29.7 Å². The maximum Gasteiger partial charge on any atom is 0.414 e. The molecule has 0 aliphatic carbocycles. The molecule has 3 aliphatic heterocycles. The van der Waals surface area contributed by atoms with Crippen molar-refractivity contribution in [2.45, 2.75) is 45.1 Å². The molecule has 0 spiro atoms. The van der Waals surface area contributed by atoms with Gasteiger partial charge in [-0.3, -0.25) is 9.80 Å². The first kappa shape index (κ1) is 30.2. The Morgan fingerprint density at radius 3 is 1.98 bits per heavy atom. The minimum absolute atomic E-state index is 0.0452. The highest BCUT2D eigenvalue weighted by atomic mass is 127. The molecule has 6 rings (SSSR count). The molecule has 3 atom stereocenters. The molecule has 220 valence electrons. The van der Waals surface area contributed by atoms with Gasteiger partial charge in [-0.2, -0.15) is 10.2 Å². The van der Waals surface area contributed by atoms with Crippen LogP contribution < -0.4 is 9.80 Å². The molecular formula is C27H25F2I2N7O4. The lowest BCUT2D eigenvalue weighted by molar-refractivity contribution is 0.128. The first-order valence-electron chi connectivity index (χ1n) is 12.9. The number of carbonyl (C=O) groups is 2. The molecule has 1 unspecified atom stereocenters. The van der Waals surface area contributed by atoms with Gasteiger partial charge in [-0.05, 0) is 102 Å². The Morgan fingerprint density at radius 1 is 0.905 bits per heavy atom. The Hall–Kier alpha value is -3.22. The Labute approximate surface area is 267 Å². The van der Waals surface area contributed by atoms with E-state index in [-0.39, 0.29) is 29.9 Å². The molecule has 15 heteroatoms. The average Bonchev–Trinajstić information content (AvgIpc) is 3.73. The lowest BCUT2D eigenvalue weighted by Gasteiger charge is -2.13. The van der Waals surface area contributed by atoms with Crippen LogP contribution in [0.15, 0.2) is 64.6 Å². The third-order valence-electron chi connectivity index (χ3n) is 6.67. The second kappa shape index (κ2) is 13.0. The smallest absolute Gasteiger partial charge is 0.414 e. The molecular weight excluding hydrogens is 778 g/mol. The van der Waals surface area contributed by atoms with E-state index >= 15 is 0 Å². The van der Waals surface area contributed by atoms with Gasteiger partial charge in [0, 0.05) is 13.6 Å². The third-order valence-corrected chi connectivity index (χ3v) is 8.42. The number of aryl methyl sites for hydroxylation is 1. The highest BCUT2D eigenvalue weighted by Gasteiger charge is 2.35. The number of aromatic nitrogens is 3. The van der Waals surface area contributed by atoms with Crippen molar-refractivity contribution in [3.63, 3.8) is 0 Å². The molecule has 4 heterocycles. The maximum absolute atomic E-state index is 13.6. The number of carbonyl (C=O) groups excluding carboxylic acids is 2. The first-order valence-corrected chi connectivity index (χ1v) is 15.0. The predicted molar refractivity (Wildman–Crippen MR) is 165 cm³/mol. The van der Waals surface area contributed by atoms with Crippen LogP contribution >= 0.6 is 45.2 Å². The second-order valence-corrected chi connectivity index (χ2v) is 12.1. The number of hydrogen-bond donors (Lipinski definition) is 0. The van der Waals surface area contributed by atoms with E-state index in [9.17, 15) is 18.4 Å². The van der Waals surface area contributed by atoms with Gasteiger partial charge >= 0.3 is 12.2 Å². The molecule has 2 saturated heterocycles. The van der Waals surface area contributed by atoms with Crippen molar-refractivity contribution in [1.82, 2.24) is 15.0 Å². The van der Waals surface area contributed by atoms with E-state index in [1.54, 1.807) is 35.1 Å². The van der Waals surface area contributed by atoms with Crippen LogP contribution in [0.2, 0.25) is 0 Å². The highest BCUT2D eigenvalue weighted by molar-refractivity contribution is 14.1. The quantitative estimate of drug-likeness (QED) is 0.273. The molecule has 1 aromatic heterocycles. The highest BCUT2D eigenvalue weighted by Crippen LogP contribution is 2.28. The van der Waals surface area contributed by atoms with Gasteiger partial charge in [0.25, 0.3) is 0 Å². The van der Waals surface area contributed by atoms with Crippen molar-refractivity contribution in [3.8, 4) is 0 Å². The van der Waals surface area contributed by atoms with Gasteiger partial charge in [0.15, 0.2) is 0 Å². The summed E-state index contributed by atoms with van der Waals surface area (Å²) >= 11 is 3.81. The number of halogens is 4. The van der Waals surface area contributed by atoms with Crippen LogP contribution in [0.25, 0.3) is 0 Å². The largest absolute Gasteiger partial charge is 0.444 e. The van der Waals surface area contributed by atoms with Crippen molar-refractivity contribution < 1.29 is 27.8 Å². The monoisotopic (exact) mass is 803 g/mol. The molecule has 2 aromatic carbocycles. The number of benzene rings is 2. The van der Waals surface area contributed by atoms with E-state index in [1.807, 2.05) is 65.1 Å². The van der Waals surface area contributed by atoms with E-state index in [4.69, 9.17) is 9.47 Å². The number of nitrogens with zero attached hydrogens (tertiary/aromatic N) is 7. The van der Waals surface area contributed by atoms with Crippen molar-refractivity contribution in [1.29, 1.82) is 0 Å². The Kier molecular flexibility index (Phi) is 9.34. The van der Waals surface area contributed by atoms with Gasteiger partial charge in [-0.25, -0.2) is 23.1 Å². The number of azo groups is 1. The summed E-state index contributed by atoms with van der Waals surface area (Å²) in [4.78, 5) is 26.7. The van der Waals surface area contributed by atoms with Gasteiger partial charge in [0.2, 0.25) is 0 Å². The van der Waals surface area contributed by atoms with Gasteiger partial charge in [0.05, 0.1) is 54.6 Å². The van der Waals surface area contributed by atoms with Gasteiger partial charge in [-0.15, -0.1) is 5.10 Å². The zero-order valence-electron chi connectivity index (χ0n) is 22.5. The van der Waals surface area contributed by atoms with Crippen molar-refractivity contribution >= 4 is 68.7 Å². The molecule has 0 bridgehead atoms. The van der Waals surface area contributed by atoms with E-state index in [0.29, 0.717) is 44.6 Å². The Morgan fingerprint density at radius 2 is 1.48 bits per heavy atom. The van der Waals surface area contributed by atoms with Crippen molar-refractivity contribution in [3.05, 3.63) is 78.8 Å². The van der Waals surface area contributed by atoms with Gasteiger partial charge < -0.3 is 9.47 Å². The van der Waals surface area contributed by atoms with Crippen LogP contribution in [0.1, 0.15) is 19.0 Å². The summed E-state index contributed by atoms with van der Waals surface area (Å²) in [5.74, 6) is -0.691. The summed E-state index contributed by atoms with van der Waals surface area (Å²) in [5, 5.41) is 15.8. The van der Waals surface area contributed by atoms with Crippen LogP contribution in [0, 0.1) is 25.7 Å². The van der Waals surface area contributed by atoms with Crippen LogP contribution in [0.5, 0.6) is 0 Å². The van der Waals surface area contributed by atoms with Crippen LogP contribution in [-0.2, 0) is 16.0 Å². The van der Waals surface area contributed by atoms with Crippen LogP contribution in [0.3, 0.4) is 0 Å².